The molecule has 0 unspecified atom stereocenters. The second kappa shape index (κ2) is 9.81. The first-order valence-corrected chi connectivity index (χ1v) is 12.1. The largest absolute Gasteiger partial charge is 0.393 e. The number of aromatic nitrogens is 5. The van der Waals surface area contributed by atoms with Crippen LogP contribution in [0.1, 0.15) is 48.9 Å². The van der Waals surface area contributed by atoms with Crippen LogP contribution in [0.5, 0.6) is 0 Å². The number of piperidine rings is 1. The Hall–Kier alpha value is -3.99. The summed E-state index contributed by atoms with van der Waals surface area (Å²) in [7, 11) is 0. The van der Waals surface area contributed by atoms with Gasteiger partial charge in [-0.05, 0) is 57.9 Å². The average molecular weight is 508 g/mol. The number of amides is 1. The number of halogens is 2. The molecule has 5 rings (SSSR count). The van der Waals surface area contributed by atoms with E-state index in [1.165, 1.54) is 12.3 Å². The average Bonchev–Trinajstić information content (AvgIpc) is 3.22. The van der Waals surface area contributed by atoms with E-state index in [4.69, 9.17) is 0 Å². The van der Waals surface area contributed by atoms with E-state index >= 15 is 0 Å². The van der Waals surface area contributed by atoms with Crippen LogP contribution < -0.4 is 5.32 Å². The Morgan fingerprint density at radius 3 is 2.51 bits per heavy atom. The second-order valence-corrected chi connectivity index (χ2v) is 9.42. The highest BCUT2D eigenvalue weighted by Gasteiger charge is 2.23. The minimum Gasteiger partial charge on any atom is -0.393 e. The molecule has 192 valence electrons. The monoisotopic (exact) mass is 507 g/mol. The fourth-order valence-electron chi connectivity index (χ4n) is 4.65. The number of nitrogens with zero attached hydrogens (tertiary/aromatic N) is 6. The minimum atomic E-state index is -0.697. The van der Waals surface area contributed by atoms with Crippen molar-refractivity contribution in [2.24, 2.45) is 0 Å². The van der Waals surface area contributed by atoms with Crippen LogP contribution in [0.25, 0.3) is 22.3 Å². The first-order valence-electron chi connectivity index (χ1n) is 12.1. The summed E-state index contributed by atoms with van der Waals surface area (Å²) < 4.78 is 31.6. The van der Waals surface area contributed by atoms with Crippen LogP contribution in [-0.2, 0) is 0 Å². The van der Waals surface area contributed by atoms with Gasteiger partial charge in [-0.3, -0.25) is 4.79 Å². The second-order valence-electron chi connectivity index (χ2n) is 9.42. The predicted octanol–water partition coefficient (Wildman–Crippen LogP) is 4.40. The van der Waals surface area contributed by atoms with Gasteiger partial charge in [0.25, 0.3) is 5.91 Å². The smallest absolute Gasteiger partial charge is 0.255 e. The summed E-state index contributed by atoms with van der Waals surface area (Å²) in [5.41, 5.74) is 1.40. The van der Waals surface area contributed by atoms with Crippen molar-refractivity contribution in [2.45, 2.75) is 45.8 Å². The molecular formula is C26H27F2N7O2. The Kier molecular flexibility index (Phi) is 6.55. The number of nitrogens with one attached hydrogen (secondary N) is 1. The molecule has 0 aliphatic carbocycles. The number of aliphatic hydroxyl groups is 1. The number of pyridine rings is 1. The molecule has 1 aliphatic heterocycles. The third-order valence-corrected chi connectivity index (χ3v) is 6.46. The summed E-state index contributed by atoms with van der Waals surface area (Å²) in [5, 5.41) is 12.6. The van der Waals surface area contributed by atoms with Crippen LogP contribution in [0.3, 0.4) is 0 Å². The van der Waals surface area contributed by atoms with E-state index in [-0.39, 0.29) is 40.8 Å². The molecule has 0 spiro atoms. The van der Waals surface area contributed by atoms with E-state index in [0.29, 0.717) is 48.7 Å². The molecule has 1 amide bonds. The summed E-state index contributed by atoms with van der Waals surface area (Å²) in [6, 6.07) is 6.16. The predicted molar refractivity (Wildman–Crippen MR) is 134 cm³/mol. The lowest BCUT2D eigenvalue weighted by atomic mass is 10.1. The number of anilines is 2. The van der Waals surface area contributed by atoms with Crippen molar-refractivity contribution >= 4 is 28.7 Å². The first-order chi connectivity index (χ1) is 17.7. The lowest BCUT2D eigenvalue weighted by Gasteiger charge is -2.29. The van der Waals surface area contributed by atoms with Gasteiger partial charge in [0.1, 0.15) is 22.9 Å². The molecule has 0 radical (unpaired) electrons. The van der Waals surface area contributed by atoms with Gasteiger partial charge in [-0.15, -0.1) is 0 Å². The van der Waals surface area contributed by atoms with Crippen molar-refractivity contribution in [3.8, 4) is 11.3 Å². The highest BCUT2D eigenvalue weighted by Crippen LogP contribution is 2.30. The number of hydrogen-bond acceptors (Lipinski definition) is 7. The van der Waals surface area contributed by atoms with Gasteiger partial charge in [-0.25, -0.2) is 28.7 Å². The van der Waals surface area contributed by atoms with Gasteiger partial charge < -0.3 is 19.9 Å². The standard InChI is InChI=1S/C26H27F2N7O2/c1-14(2)35-15(3)31-24-19(27)10-17(11-21(24)35)23-20(28)13-30-26(33-23)32-22-5-4-16(12-29-22)25(37)34-8-6-18(36)7-9-34/h4-5,10-14,18,36H,6-9H2,1-3H3,(H,29,30,32,33). The van der Waals surface area contributed by atoms with Crippen LogP contribution in [0.15, 0.2) is 36.7 Å². The van der Waals surface area contributed by atoms with Crippen LogP contribution in [0, 0.1) is 18.6 Å². The zero-order chi connectivity index (χ0) is 26.3. The molecule has 4 heterocycles. The lowest BCUT2D eigenvalue weighted by Crippen LogP contribution is -2.40. The zero-order valence-corrected chi connectivity index (χ0v) is 20.7. The van der Waals surface area contributed by atoms with Crippen molar-refractivity contribution < 1.29 is 18.7 Å². The maximum Gasteiger partial charge on any atom is 0.255 e. The van der Waals surface area contributed by atoms with Crippen molar-refractivity contribution in [2.75, 3.05) is 18.4 Å². The van der Waals surface area contributed by atoms with Gasteiger partial charge in [0.15, 0.2) is 11.6 Å². The molecular weight excluding hydrogens is 480 g/mol. The normalized spacial score (nSPS) is 14.5. The van der Waals surface area contributed by atoms with Gasteiger partial charge in [0, 0.05) is 30.9 Å². The molecule has 9 nitrogen and oxygen atoms in total. The fourth-order valence-corrected chi connectivity index (χ4v) is 4.65. The first kappa shape index (κ1) is 24.7. The Bertz CT molecular complexity index is 1460. The topological polar surface area (TPSA) is 109 Å². The number of hydrogen-bond donors (Lipinski definition) is 2. The van der Waals surface area contributed by atoms with Gasteiger partial charge in [-0.2, -0.15) is 0 Å². The van der Waals surface area contributed by atoms with E-state index in [9.17, 15) is 18.7 Å². The Morgan fingerprint density at radius 2 is 1.84 bits per heavy atom. The molecule has 1 fully saturated rings. The molecule has 1 saturated heterocycles. The molecule has 2 N–H and O–H groups in total. The highest BCUT2D eigenvalue weighted by atomic mass is 19.1. The number of rotatable bonds is 5. The minimum absolute atomic E-state index is 0.0366. The molecule has 11 heteroatoms. The fraction of sp³-hybridized carbons (Fsp3) is 0.346. The summed E-state index contributed by atoms with van der Waals surface area (Å²) >= 11 is 0. The Balaban J connectivity index is 1.39. The summed E-state index contributed by atoms with van der Waals surface area (Å²) in [5.74, 6) is -0.317. The third-order valence-electron chi connectivity index (χ3n) is 6.46. The number of aryl methyl sites for hydroxylation is 1. The molecule has 1 aliphatic rings. The zero-order valence-electron chi connectivity index (χ0n) is 20.7. The maximum atomic E-state index is 14.9. The molecule has 0 atom stereocenters. The molecule has 4 aromatic rings. The molecule has 0 saturated carbocycles. The molecule has 37 heavy (non-hydrogen) atoms. The molecule has 0 bridgehead atoms. The maximum absolute atomic E-state index is 14.9. The molecule has 1 aromatic carbocycles. The van der Waals surface area contributed by atoms with E-state index < -0.39 is 11.6 Å². The lowest BCUT2D eigenvalue weighted by molar-refractivity contribution is 0.0546. The highest BCUT2D eigenvalue weighted by molar-refractivity contribution is 5.94. The van der Waals surface area contributed by atoms with Crippen molar-refractivity contribution in [3.63, 3.8) is 0 Å². The number of imidazole rings is 1. The molecule has 3 aromatic heterocycles. The van der Waals surface area contributed by atoms with Gasteiger partial charge in [-0.1, -0.05) is 0 Å². The Labute approximate surface area is 212 Å². The Morgan fingerprint density at radius 1 is 1.08 bits per heavy atom. The summed E-state index contributed by atoms with van der Waals surface area (Å²) in [6.45, 7) is 6.73. The van der Waals surface area contributed by atoms with Gasteiger partial charge in [0.05, 0.1) is 23.4 Å². The van der Waals surface area contributed by atoms with E-state index in [0.717, 1.165) is 6.20 Å². The van der Waals surface area contributed by atoms with Gasteiger partial charge in [0.2, 0.25) is 5.95 Å². The summed E-state index contributed by atoms with van der Waals surface area (Å²) in [4.78, 5) is 31.2. The van der Waals surface area contributed by atoms with Crippen molar-refractivity contribution in [1.29, 1.82) is 0 Å². The quantitative estimate of drug-likeness (QED) is 0.412. The van der Waals surface area contributed by atoms with E-state index in [1.54, 1.807) is 30.0 Å². The number of likely N-dealkylation sites (tertiary alicyclic amines) is 1. The number of aliphatic hydroxyl groups excluding tert-OH is 1. The van der Waals surface area contributed by atoms with Crippen LogP contribution >= 0.6 is 0 Å². The van der Waals surface area contributed by atoms with E-state index in [1.807, 2.05) is 18.4 Å². The number of carbonyl (C=O) groups excluding carboxylic acids is 1. The SMILES string of the molecule is Cc1nc2c(F)cc(-c3nc(Nc4ccc(C(=O)N5CCC(O)CC5)cn4)ncc3F)cc2n1C(C)C. The number of benzene rings is 1. The van der Waals surface area contributed by atoms with E-state index in [2.05, 4.69) is 25.3 Å². The van der Waals surface area contributed by atoms with Gasteiger partial charge >= 0.3 is 0 Å². The van der Waals surface area contributed by atoms with Crippen LogP contribution in [-0.4, -0.2) is 59.6 Å². The third kappa shape index (κ3) is 4.86. The summed E-state index contributed by atoms with van der Waals surface area (Å²) in [6.07, 6.45) is 3.20. The van der Waals surface area contributed by atoms with Crippen molar-refractivity contribution in [3.05, 3.63) is 59.7 Å². The van der Waals surface area contributed by atoms with Crippen LogP contribution in [0.2, 0.25) is 0 Å². The van der Waals surface area contributed by atoms with Crippen LogP contribution in [0.4, 0.5) is 20.5 Å². The number of carbonyl (C=O) groups is 1. The number of fused-ring (bicyclic) bond motifs is 1. The van der Waals surface area contributed by atoms with Crippen molar-refractivity contribution in [1.82, 2.24) is 29.4 Å².